The molecular weight excluding hydrogens is 456 g/mol. The maximum Gasteiger partial charge on any atom is 0.187 e. The van der Waals surface area contributed by atoms with Crippen LogP contribution in [0.15, 0.2) is 47.4 Å². The summed E-state index contributed by atoms with van der Waals surface area (Å²) in [6, 6.07) is 13.5. The lowest BCUT2D eigenvalue weighted by Gasteiger charge is -2.46. The summed E-state index contributed by atoms with van der Waals surface area (Å²) < 4.78 is 16.7. The lowest BCUT2D eigenvalue weighted by Crippen LogP contribution is -2.64. The zero-order chi connectivity index (χ0) is 23.7. The number of aliphatic hydroxyl groups excluding tert-OH is 7. The average Bonchev–Trinajstić information content (AvgIpc) is 2.83. The highest BCUT2D eigenvalue weighted by Gasteiger charge is 2.50. The van der Waals surface area contributed by atoms with E-state index < -0.39 is 73.8 Å². The van der Waals surface area contributed by atoms with Crippen LogP contribution in [0.2, 0.25) is 0 Å². The molecule has 10 nitrogen and oxygen atoms in total. The van der Waals surface area contributed by atoms with Gasteiger partial charge in [0.25, 0.3) is 0 Å². The van der Waals surface area contributed by atoms with E-state index in [-0.39, 0.29) is 0 Å². The Hall–Kier alpha value is -1.35. The predicted molar refractivity (Wildman–Crippen MR) is 116 cm³/mol. The van der Waals surface area contributed by atoms with E-state index >= 15 is 0 Å². The summed E-state index contributed by atoms with van der Waals surface area (Å²) in [5, 5.41) is 72.7. The van der Waals surface area contributed by atoms with Crippen LogP contribution in [0.5, 0.6) is 0 Å². The SMILES string of the molecule is OCC1OC(OC2C(CO)OC(Sc3ccc4ccccc4c3)C(O)C2O)C(O)C(O)C1O. The summed E-state index contributed by atoms with van der Waals surface area (Å²) in [4.78, 5) is 0.787. The van der Waals surface area contributed by atoms with Crippen molar-refractivity contribution >= 4 is 22.5 Å². The van der Waals surface area contributed by atoms with Crippen LogP contribution in [-0.4, -0.2) is 110 Å². The summed E-state index contributed by atoms with van der Waals surface area (Å²) in [5.74, 6) is 0. The molecule has 4 rings (SSSR count). The molecule has 33 heavy (non-hydrogen) atoms. The second-order valence-electron chi connectivity index (χ2n) is 8.13. The quantitative estimate of drug-likeness (QED) is 0.256. The minimum absolute atomic E-state index is 0.569. The number of ether oxygens (including phenoxy) is 3. The maximum atomic E-state index is 10.7. The highest BCUT2D eigenvalue weighted by atomic mass is 32.2. The third-order valence-corrected chi connectivity index (χ3v) is 7.08. The zero-order valence-electron chi connectivity index (χ0n) is 17.5. The first-order valence-corrected chi connectivity index (χ1v) is 11.5. The Morgan fingerprint density at radius 2 is 1.42 bits per heavy atom. The van der Waals surface area contributed by atoms with Gasteiger partial charge in [0.1, 0.15) is 54.3 Å². The fraction of sp³-hybridized carbons (Fsp3) is 0.545. The van der Waals surface area contributed by atoms with E-state index in [0.29, 0.717) is 0 Å². The van der Waals surface area contributed by atoms with Gasteiger partial charge < -0.3 is 50.0 Å². The minimum atomic E-state index is -1.70. The molecule has 0 bridgehead atoms. The van der Waals surface area contributed by atoms with Crippen molar-refractivity contribution in [3.63, 3.8) is 0 Å². The average molecular weight is 485 g/mol. The molecule has 2 aromatic rings. The molecule has 2 heterocycles. The Kier molecular flexibility index (Phi) is 7.88. The number of hydrogen-bond donors (Lipinski definition) is 7. The summed E-state index contributed by atoms with van der Waals surface area (Å²) in [6.45, 7) is -1.22. The monoisotopic (exact) mass is 484 g/mol. The van der Waals surface area contributed by atoms with Crippen LogP contribution in [0.3, 0.4) is 0 Å². The van der Waals surface area contributed by atoms with Gasteiger partial charge in [0, 0.05) is 4.90 Å². The van der Waals surface area contributed by atoms with E-state index in [1.54, 1.807) is 0 Å². The summed E-state index contributed by atoms with van der Waals surface area (Å²) in [5.41, 5.74) is -0.923. The third kappa shape index (κ3) is 5.04. The van der Waals surface area contributed by atoms with Crippen LogP contribution in [0.4, 0.5) is 0 Å². The molecule has 10 unspecified atom stereocenters. The van der Waals surface area contributed by atoms with Crippen molar-refractivity contribution in [2.24, 2.45) is 0 Å². The van der Waals surface area contributed by atoms with Crippen molar-refractivity contribution in [2.75, 3.05) is 13.2 Å². The van der Waals surface area contributed by atoms with Crippen LogP contribution in [-0.2, 0) is 14.2 Å². The first kappa shape index (κ1) is 24.8. The molecule has 0 amide bonds. The van der Waals surface area contributed by atoms with Crippen molar-refractivity contribution in [3.8, 4) is 0 Å². The van der Waals surface area contributed by atoms with Crippen LogP contribution in [0, 0.1) is 0 Å². The minimum Gasteiger partial charge on any atom is -0.394 e. The van der Waals surface area contributed by atoms with E-state index in [1.165, 1.54) is 11.8 Å². The number of fused-ring (bicyclic) bond motifs is 1. The third-order valence-electron chi connectivity index (χ3n) is 5.93. The first-order chi connectivity index (χ1) is 15.8. The Balaban J connectivity index is 1.47. The van der Waals surface area contributed by atoms with Gasteiger partial charge >= 0.3 is 0 Å². The number of rotatable bonds is 6. The van der Waals surface area contributed by atoms with Crippen molar-refractivity contribution in [3.05, 3.63) is 42.5 Å². The summed E-state index contributed by atoms with van der Waals surface area (Å²) in [6.07, 6.45) is -13.0. The van der Waals surface area contributed by atoms with Gasteiger partial charge in [-0.25, -0.2) is 0 Å². The van der Waals surface area contributed by atoms with Gasteiger partial charge in [0.05, 0.1) is 13.2 Å². The van der Waals surface area contributed by atoms with Gasteiger partial charge in [0.15, 0.2) is 6.29 Å². The zero-order valence-corrected chi connectivity index (χ0v) is 18.3. The fourth-order valence-electron chi connectivity index (χ4n) is 4.03. The van der Waals surface area contributed by atoms with E-state index in [0.717, 1.165) is 15.7 Å². The Labute approximate surface area is 194 Å². The van der Waals surface area contributed by atoms with E-state index in [4.69, 9.17) is 14.2 Å². The smallest absolute Gasteiger partial charge is 0.187 e. The highest BCUT2D eigenvalue weighted by molar-refractivity contribution is 7.99. The van der Waals surface area contributed by atoms with Gasteiger partial charge in [-0.05, 0) is 22.9 Å². The van der Waals surface area contributed by atoms with Gasteiger partial charge in [-0.3, -0.25) is 0 Å². The molecule has 2 aliphatic heterocycles. The lowest BCUT2D eigenvalue weighted by atomic mass is 9.97. The van der Waals surface area contributed by atoms with Gasteiger partial charge in [-0.1, -0.05) is 42.1 Å². The van der Waals surface area contributed by atoms with Gasteiger partial charge in [0.2, 0.25) is 0 Å². The molecule has 11 heteroatoms. The van der Waals surface area contributed by atoms with Crippen molar-refractivity contribution in [2.45, 2.75) is 65.5 Å². The Morgan fingerprint density at radius 1 is 0.727 bits per heavy atom. The number of thioether (sulfide) groups is 1. The molecular formula is C22H28O10S. The van der Waals surface area contributed by atoms with E-state index in [9.17, 15) is 35.7 Å². The number of hydrogen-bond acceptors (Lipinski definition) is 11. The largest absolute Gasteiger partial charge is 0.394 e. The normalized spacial score (nSPS) is 39.6. The van der Waals surface area contributed by atoms with Gasteiger partial charge in [-0.2, -0.15) is 0 Å². The van der Waals surface area contributed by atoms with Gasteiger partial charge in [-0.15, -0.1) is 0 Å². The predicted octanol–water partition coefficient (Wildman–Crippen LogP) is -1.44. The maximum absolute atomic E-state index is 10.7. The molecule has 2 fully saturated rings. The van der Waals surface area contributed by atoms with Crippen LogP contribution >= 0.6 is 11.8 Å². The molecule has 182 valence electrons. The standard InChI is InChI=1S/C22H28O10S/c23-8-13-15(25)16(26)18(28)21(30-13)32-20-14(9-24)31-22(19(29)17(20)27)33-12-6-5-10-3-1-2-4-11(10)7-12/h1-7,13-29H,8-9H2. The van der Waals surface area contributed by atoms with Crippen molar-refractivity contribution < 1.29 is 50.0 Å². The van der Waals surface area contributed by atoms with Crippen LogP contribution in [0.25, 0.3) is 10.8 Å². The molecule has 0 aliphatic carbocycles. The molecule has 0 radical (unpaired) electrons. The highest BCUT2D eigenvalue weighted by Crippen LogP contribution is 2.36. The molecule has 10 atom stereocenters. The summed E-state index contributed by atoms with van der Waals surface area (Å²) >= 11 is 1.18. The molecule has 2 saturated heterocycles. The molecule has 2 aliphatic rings. The Bertz CT molecular complexity index is 927. The molecule has 0 spiro atoms. The second kappa shape index (κ2) is 10.5. The second-order valence-corrected chi connectivity index (χ2v) is 9.30. The van der Waals surface area contributed by atoms with Crippen LogP contribution < -0.4 is 0 Å². The summed E-state index contributed by atoms with van der Waals surface area (Å²) in [7, 11) is 0. The topological polar surface area (TPSA) is 169 Å². The van der Waals surface area contributed by atoms with Crippen molar-refractivity contribution in [1.82, 2.24) is 0 Å². The van der Waals surface area contributed by atoms with Crippen LogP contribution in [0.1, 0.15) is 0 Å². The van der Waals surface area contributed by atoms with E-state index in [2.05, 4.69) is 0 Å². The van der Waals surface area contributed by atoms with E-state index in [1.807, 2.05) is 42.5 Å². The molecule has 7 N–H and O–H groups in total. The lowest BCUT2D eigenvalue weighted by molar-refractivity contribution is -0.338. The Morgan fingerprint density at radius 3 is 2.12 bits per heavy atom. The number of aliphatic hydroxyl groups is 7. The molecule has 0 saturated carbocycles. The first-order valence-electron chi connectivity index (χ1n) is 10.6. The fourth-order valence-corrected chi connectivity index (χ4v) is 5.14. The molecule has 2 aromatic carbocycles. The number of benzene rings is 2. The van der Waals surface area contributed by atoms with Crippen molar-refractivity contribution in [1.29, 1.82) is 0 Å². The molecule has 0 aromatic heterocycles.